The zero-order valence-corrected chi connectivity index (χ0v) is 15.5. The lowest BCUT2D eigenvalue weighted by Crippen LogP contribution is -2.34. The van der Waals surface area contributed by atoms with E-state index in [9.17, 15) is 4.79 Å². The van der Waals surface area contributed by atoms with Crippen molar-refractivity contribution < 1.29 is 4.79 Å². The molecule has 134 valence electrons. The van der Waals surface area contributed by atoms with Gasteiger partial charge in [0.25, 0.3) is 0 Å². The van der Waals surface area contributed by atoms with Crippen LogP contribution >= 0.6 is 0 Å². The number of nitrogens with one attached hydrogen (secondary N) is 2. The number of para-hydroxylation sites is 1. The Morgan fingerprint density at radius 1 is 1.42 bits per heavy atom. The van der Waals surface area contributed by atoms with Gasteiger partial charge in [-0.05, 0) is 44.0 Å². The maximum atomic E-state index is 11.8. The minimum atomic E-state index is -0.158. The zero-order chi connectivity index (χ0) is 18.3. The first-order chi connectivity index (χ1) is 12.6. The fraction of sp³-hybridized carbons (Fsp3) is 0.333. The Morgan fingerprint density at radius 2 is 2.27 bits per heavy atom. The summed E-state index contributed by atoms with van der Waals surface area (Å²) in [7, 11) is 3.92. The molecule has 1 unspecified atom stereocenters. The van der Waals surface area contributed by atoms with Crippen molar-refractivity contribution in [1.82, 2.24) is 15.3 Å². The van der Waals surface area contributed by atoms with Gasteiger partial charge in [-0.15, -0.1) is 0 Å². The molecule has 0 spiro atoms. The standard InChI is InChI=1S/C21H24N4O/c1-13(26)19(22-2)10-16-11-23-20-17(5-4-6-18(16)20)15-9-14-7-8-25(3)21(14)24-12-15/h4-6,9,11-12,19,22-23H,7-8,10H2,1-3H3. The van der Waals surface area contributed by atoms with Crippen molar-refractivity contribution in [2.24, 2.45) is 0 Å². The third kappa shape index (κ3) is 2.78. The first kappa shape index (κ1) is 16.8. The van der Waals surface area contributed by atoms with Gasteiger partial charge in [0.05, 0.1) is 11.6 Å². The van der Waals surface area contributed by atoms with Crippen molar-refractivity contribution in [2.75, 3.05) is 25.5 Å². The Hall–Kier alpha value is -2.66. The normalized spacial score (nSPS) is 14.7. The number of anilines is 1. The number of aromatic nitrogens is 2. The van der Waals surface area contributed by atoms with Gasteiger partial charge >= 0.3 is 0 Å². The Kier molecular flexibility index (Phi) is 4.24. The van der Waals surface area contributed by atoms with Gasteiger partial charge in [-0.2, -0.15) is 0 Å². The molecule has 5 nitrogen and oxygen atoms in total. The molecule has 3 aromatic rings. The zero-order valence-electron chi connectivity index (χ0n) is 15.5. The van der Waals surface area contributed by atoms with E-state index in [1.54, 1.807) is 6.92 Å². The van der Waals surface area contributed by atoms with Gasteiger partial charge in [-0.1, -0.05) is 18.2 Å². The number of H-pyrrole nitrogens is 1. The summed E-state index contributed by atoms with van der Waals surface area (Å²) in [6.45, 7) is 2.66. The molecule has 2 aromatic heterocycles. The molecule has 2 N–H and O–H groups in total. The Balaban J connectivity index is 1.75. The van der Waals surface area contributed by atoms with E-state index in [0.717, 1.165) is 41.0 Å². The van der Waals surface area contributed by atoms with E-state index >= 15 is 0 Å². The molecule has 1 aliphatic rings. The van der Waals surface area contributed by atoms with Crippen LogP contribution in [0.15, 0.2) is 36.7 Å². The lowest BCUT2D eigenvalue weighted by molar-refractivity contribution is -0.118. The molecule has 0 fully saturated rings. The molecule has 0 saturated heterocycles. The number of pyridine rings is 1. The number of carbonyl (C=O) groups excluding carboxylic acids is 1. The van der Waals surface area contributed by atoms with Crippen molar-refractivity contribution in [1.29, 1.82) is 0 Å². The van der Waals surface area contributed by atoms with E-state index in [2.05, 4.69) is 51.5 Å². The van der Waals surface area contributed by atoms with Crippen LogP contribution in [-0.4, -0.2) is 42.4 Å². The Bertz CT molecular complexity index is 975. The van der Waals surface area contributed by atoms with E-state index in [0.29, 0.717) is 6.42 Å². The van der Waals surface area contributed by atoms with Crippen LogP contribution in [0.1, 0.15) is 18.1 Å². The highest BCUT2D eigenvalue weighted by molar-refractivity contribution is 5.96. The fourth-order valence-electron chi connectivity index (χ4n) is 3.86. The molecule has 5 heteroatoms. The summed E-state index contributed by atoms with van der Waals surface area (Å²) in [6.07, 6.45) is 5.71. The number of nitrogens with zero attached hydrogens (tertiary/aromatic N) is 2. The highest BCUT2D eigenvalue weighted by atomic mass is 16.1. The van der Waals surface area contributed by atoms with E-state index in [1.807, 2.05) is 19.4 Å². The molecule has 4 rings (SSSR count). The lowest BCUT2D eigenvalue weighted by Gasteiger charge is -2.12. The molecule has 0 amide bonds. The van der Waals surface area contributed by atoms with Gasteiger partial charge in [-0.3, -0.25) is 4.79 Å². The van der Waals surface area contributed by atoms with Gasteiger partial charge in [0, 0.05) is 42.5 Å². The maximum Gasteiger partial charge on any atom is 0.147 e. The molecule has 0 radical (unpaired) electrons. The minimum Gasteiger partial charge on any atom is -0.360 e. The minimum absolute atomic E-state index is 0.157. The van der Waals surface area contributed by atoms with Gasteiger partial charge in [0.1, 0.15) is 11.6 Å². The summed E-state index contributed by atoms with van der Waals surface area (Å²) >= 11 is 0. The second kappa shape index (κ2) is 6.57. The SMILES string of the molecule is CNC(Cc1c[nH]c2c(-c3cnc4c(c3)CCN4C)cccc12)C(C)=O. The quantitative estimate of drug-likeness (QED) is 0.744. The van der Waals surface area contributed by atoms with Gasteiger partial charge in [0.2, 0.25) is 0 Å². The molecule has 0 saturated carbocycles. The Morgan fingerprint density at radius 3 is 3.04 bits per heavy atom. The number of hydrogen-bond donors (Lipinski definition) is 2. The Labute approximate surface area is 153 Å². The number of Topliss-reactive ketones (excluding diaryl/α,β-unsaturated/α-hetero) is 1. The molecular formula is C21H24N4O. The molecule has 1 atom stereocenters. The molecule has 1 aliphatic heterocycles. The van der Waals surface area contributed by atoms with E-state index < -0.39 is 0 Å². The summed E-state index contributed by atoms with van der Waals surface area (Å²) in [6, 6.07) is 8.43. The van der Waals surface area contributed by atoms with Crippen molar-refractivity contribution in [3.05, 3.63) is 47.8 Å². The van der Waals surface area contributed by atoms with Crippen molar-refractivity contribution >= 4 is 22.5 Å². The van der Waals surface area contributed by atoms with E-state index in [1.165, 1.54) is 10.9 Å². The third-order valence-electron chi connectivity index (χ3n) is 5.40. The largest absolute Gasteiger partial charge is 0.360 e. The average molecular weight is 348 g/mol. The second-order valence-corrected chi connectivity index (χ2v) is 7.08. The number of rotatable bonds is 5. The predicted molar refractivity (Wildman–Crippen MR) is 106 cm³/mol. The maximum absolute atomic E-state index is 11.8. The van der Waals surface area contributed by atoms with Crippen LogP contribution in [0.25, 0.3) is 22.0 Å². The molecule has 26 heavy (non-hydrogen) atoms. The van der Waals surface area contributed by atoms with Crippen LogP contribution < -0.4 is 10.2 Å². The first-order valence-electron chi connectivity index (χ1n) is 9.05. The average Bonchev–Trinajstić information content (AvgIpc) is 3.22. The number of ketones is 1. The number of fused-ring (bicyclic) bond motifs is 2. The molecule has 1 aromatic carbocycles. The second-order valence-electron chi connectivity index (χ2n) is 7.08. The van der Waals surface area contributed by atoms with Gasteiger partial charge < -0.3 is 15.2 Å². The number of carbonyl (C=O) groups is 1. The molecule has 3 heterocycles. The van der Waals surface area contributed by atoms with Crippen LogP contribution in [0.3, 0.4) is 0 Å². The molecular weight excluding hydrogens is 324 g/mol. The highest BCUT2D eigenvalue weighted by Gasteiger charge is 2.19. The van der Waals surface area contributed by atoms with Gasteiger partial charge in [0.15, 0.2) is 0 Å². The predicted octanol–water partition coefficient (Wildman–Crippen LogP) is 2.94. The van der Waals surface area contributed by atoms with E-state index in [4.69, 9.17) is 0 Å². The summed E-state index contributed by atoms with van der Waals surface area (Å²) in [4.78, 5) is 22.1. The molecule has 0 aliphatic carbocycles. The van der Waals surface area contributed by atoms with Gasteiger partial charge in [-0.25, -0.2) is 4.98 Å². The third-order valence-corrected chi connectivity index (χ3v) is 5.40. The monoisotopic (exact) mass is 348 g/mol. The summed E-state index contributed by atoms with van der Waals surface area (Å²) in [5.41, 5.74) is 5.86. The van der Waals surface area contributed by atoms with Crippen LogP contribution in [0.4, 0.5) is 5.82 Å². The van der Waals surface area contributed by atoms with Crippen LogP contribution in [0.5, 0.6) is 0 Å². The van der Waals surface area contributed by atoms with Crippen LogP contribution in [0.2, 0.25) is 0 Å². The summed E-state index contributed by atoms with van der Waals surface area (Å²) in [5.74, 6) is 1.25. The fourth-order valence-corrected chi connectivity index (χ4v) is 3.86. The van der Waals surface area contributed by atoms with Crippen LogP contribution in [-0.2, 0) is 17.6 Å². The number of benzene rings is 1. The topological polar surface area (TPSA) is 61.0 Å². The highest BCUT2D eigenvalue weighted by Crippen LogP contribution is 2.33. The molecule has 0 bridgehead atoms. The van der Waals surface area contributed by atoms with Crippen molar-refractivity contribution in [3.63, 3.8) is 0 Å². The van der Waals surface area contributed by atoms with Crippen LogP contribution in [0, 0.1) is 0 Å². The summed E-state index contributed by atoms with van der Waals surface area (Å²) in [5, 5.41) is 4.27. The lowest BCUT2D eigenvalue weighted by atomic mass is 9.98. The smallest absolute Gasteiger partial charge is 0.147 e. The van der Waals surface area contributed by atoms with Crippen molar-refractivity contribution in [3.8, 4) is 11.1 Å². The number of aromatic amines is 1. The van der Waals surface area contributed by atoms with Crippen molar-refractivity contribution in [2.45, 2.75) is 25.8 Å². The first-order valence-corrected chi connectivity index (χ1v) is 9.05. The number of likely N-dealkylation sites (N-methyl/N-ethyl adjacent to an activating group) is 2. The van der Waals surface area contributed by atoms with E-state index in [-0.39, 0.29) is 11.8 Å². The number of hydrogen-bond acceptors (Lipinski definition) is 4. The summed E-state index contributed by atoms with van der Waals surface area (Å²) < 4.78 is 0.